The molecule has 0 aliphatic carbocycles. The second-order valence-corrected chi connectivity index (χ2v) is 19.2. The SMILES string of the molecule is Cc1ccc2c(cnn2COCC[Si](C)(C)C)c1N1CCc2c(nc(O[C@H](C)CN(C)C)nc2N2CCN(C(=O)O)CC2)C1. The molecule has 12 nitrogen and oxygen atoms in total. The van der Waals surface area contributed by atoms with Crippen LogP contribution in [0.3, 0.4) is 0 Å². The number of ether oxygens (including phenoxy) is 2. The highest BCUT2D eigenvalue weighted by molar-refractivity contribution is 6.76. The number of anilines is 2. The molecule has 1 saturated heterocycles. The molecule has 0 radical (unpaired) electrons. The third kappa shape index (κ3) is 7.44. The molecule has 4 heterocycles. The quantitative estimate of drug-likeness (QED) is 0.247. The number of aromatic nitrogens is 4. The predicted octanol–water partition coefficient (Wildman–Crippen LogP) is 4.14. The Morgan fingerprint density at radius 2 is 1.84 bits per heavy atom. The van der Waals surface area contributed by atoms with Crippen molar-refractivity contribution in [2.24, 2.45) is 0 Å². The summed E-state index contributed by atoms with van der Waals surface area (Å²) < 4.78 is 14.2. The maximum atomic E-state index is 11.5. The minimum absolute atomic E-state index is 0.0887. The fourth-order valence-electron chi connectivity index (χ4n) is 6.04. The van der Waals surface area contributed by atoms with Crippen LogP contribution in [0, 0.1) is 6.92 Å². The molecule has 2 aliphatic rings. The Labute approximate surface area is 261 Å². The zero-order chi connectivity index (χ0) is 31.6. The highest BCUT2D eigenvalue weighted by Crippen LogP contribution is 2.36. The lowest BCUT2D eigenvalue weighted by Gasteiger charge is -2.37. The number of nitrogens with zero attached hydrogens (tertiary/aromatic N) is 8. The van der Waals surface area contributed by atoms with Crippen molar-refractivity contribution in [1.82, 2.24) is 29.5 Å². The fraction of sp³-hybridized carbons (Fsp3) is 0.613. The van der Waals surface area contributed by atoms with E-state index in [2.05, 4.69) is 53.4 Å². The molecule has 13 heteroatoms. The van der Waals surface area contributed by atoms with Gasteiger partial charge >= 0.3 is 12.1 Å². The van der Waals surface area contributed by atoms with Gasteiger partial charge in [-0.2, -0.15) is 15.1 Å². The zero-order valence-electron chi connectivity index (χ0n) is 27.3. The van der Waals surface area contributed by atoms with E-state index >= 15 is 0 Å². The van der Waals surface area contributed by atoms with Crippen LogP contribution in [0.2, 0.25) is 25.7 Å². The molecule has 1 aromatic carbocycles. The number of carboxylic acid groups (broad SMARTS) is 1. The summed E-state index contributed by atoms with van der Waals surface area (Å²) >= 11 is 0. The molecule has 0 bridgehead atoms. The summed E-state index contributed by atoms with van der Waals surface area (Å²) in [4.78, 5) is 29.5. The summed E-state index contributed by atoms with van der Waals surface area (Å²) in [6.45, 7) is 16.7. The number of piperazine rings is 1. The van der Waals surface area contributed by atoms with Crippen LogP contribution >= 0.6 is 0 Å². The minimum Gasteiger partial charge on any atom is -0.465 e. The second-order valence-electron chi connectivity index (χ2n) is 13.5. The van der Waals surface area contributed by atoms with Gasteiger partial charge in [0.1, 0.15) is 18.7 Å². The highest BCUT2D eigenvalue weighted by Gasteiger charge is 2.30. The number of hydrogen-bond acceptors (Lipinski definition) is 9. The third-order valence-electron chi connectivity index (χ3n) is 8.33. The molecule has 2 aliphatic heterocycles. The molecule has 3 aromatic rings. The fourth-order valence-corrected chi connectivity index (χ4v) is 6.79. The minimum atomic E-state index is -1.16. The molecule has 44 heavy (non-hydrogen) atoms. The van der Waals surface area contributed by atoms with Gasteiger partial charge in [-0.25, -0.2) is 9.48 Å². The van der Waals surface area contributed by atoms with Crippen LogP contribution < -0.4 is 14.5 Å². The molecule has 1 fully saturated rings. The van der Waals surface area contributed by atoms with E-state index in [9.17, 15) is 9.90 Å². The van der Waals surface area contributed by atoms with Gasteiger partial charge in [-0.15, -0.1) is 0 Å². The molecular formula is C31H48N8O4Si. The van der Waals surface area contributed by atoms with Crippen molar-refractivity contribution in [2.45, 2.75) is 65.3 Å². The number of rotatable bonds is 11. The van der Waals surface area contributed by atoms with E-state index < -0.39 is 14.2 Å². The Balaban J connectivity index is 1.42. The van der Waals surface area contributed by atoms with E-state index in [-0.39, 0.29) is 6.10 Å². The maximum Gasteiger partial charge on any atom is 0.407 e. The predicted molar refractivity (Wildman–Crippen MR) is 176 cm³/mol. The molecule has 2 aromatic heterocycles. The van der Waals surface area contributed by atoms with Crippen molar-refractivity contribution in [1.29, 1.82) is 0 Å². The van der Waals surface area contributed by atoms with Crippen molar-refractivity contribution < 1.29 is 19.4 Å². The Hall–Kier alpha value is -3.42. The largest absolute Gasteiger partial charge is 0.465 e. The molecule has 0 unspecified atom stereocenters. The van der Waals surface area contributed by atoms with E-state index in [1.165, 1.54) is 16.2 Å². The first-order valence-electron chi connectivity index (χ1n) is 15.6. The Kier molecular flexibility index (Phi) is 9.66. The number of fused-ring (bicyclic) bond motifs is 2. The molecule has 1 amide bonds. The van der Waals surface area contributed by atoms with Gasteiger partial charge in [-0.05, 0) is 52.0 Å². The van der Waals surface area contributed by atoms with Crippen LogP contribution in [-0.4, -0.2) is 115 Å². The third-order valence-corrected chi connectivity index (χ3v) is 10.0. The van der Waals surface area contributed by atoms with E-state index in [1.807, 2.05) is 31.9 Å². The molecular weight excluding hydrogens is 576 g/mol. The van der Waals surface area contributed by atoms with Crippen LogP contribution in [0.4, 0.5) is 16.3 Å². The van der Waals surface area contributed by atoms with Crippen LogP contribution in [0.1, 0.15) is 23.7 Å². The maximum absolute atomic E-state index is 11.5. The summed E-state index contributed by atoms with van der Waals surface area (Å²) in [5.41, 5.74) is 5.49. The lowest BCUT2D eigenvalue weighted by Crippen LogP contribution is -2.49. The van der Waals surface area contributed by atoms with Gasteiger partial charge in [0.2, 0.25) is 0 Å². The number of benzene rings is 1. The Morgan fingerprint density at radius 1 is 1.09 bits per heavy atom. The normalized spacial score (nSPS) is 16.5. The van der Waals surface area contributed by atoms with E-state index in [0.717, 1.165) is 60.1 Å². The zero-order valence-corrected chi connectivity index (χ0v) is 28.3. The number of amides is 1. The van der Waals surface area contributed by atoms with Gasteiger partial charge in [0, 0.05) is 64.9 Å². The van der Waals surface area contributed by atoms with Crippen LogP contribution in [0.5, 0.6) is 6.01 Å². The summed E-state index contributed by atoms with van der Waals surface area (Å²) in [5.74, 6) is 0.866. The van der Waals surface area contributed by atoms with Crippen LogP contribution in [0.25, 0.3) is 10.9 Å². The second kappa shape index (κ2) is 13.3. The van der Waals surface area contributed by atoms with Crippen molar-refractivity contribution in [2.75, 3.05) is 69.8 Å². The Bertz CT molecular complexity index is 1470. The molecule has 1 N–H and O–H groups in total. The van der Waals surface area contributed by atoms with Gasteiger partial charge in [0.05, 0.1) is 29.6 Å². The van der Waals surface area contributed by atoms with Gasteiger partial charge in [-0.3, -0.25) is 0 Å². The van der Waals surface area contributed by atoms with E-state index in [4.69, 9.17) is 24.5 Å². The smallest absolute Gasteiger partial charge is 0.407 e. The average Bonchev–Trinajstić information content (AvgIpc) is 3.36. The molecule has 240 valence electrons. The highest BCUT2D eigenvalue weighted by atomic mass is 28.3. The van der Waals surface area contributed by atoms with Crippen molar-refractivity contribution >= 4 is 36.6 Å². The van der Waals surface area contributed by atoms with Gasteiger partial charge in [0.15, 0.2) is 0 Å². The monoisotopic (exact) mass is 624 g/mol. The van der Waals surface area contributed by atoms with Gasteiger partial charge in [-0.1, -0.05) is 25.7 Å². The summed E-state index contributed by atoms with van der Waals surface area (Å²) in [7, 11) is 2.88. The van der Waals surface area contributed by atoms with Crippen molar-refractivity contribution in [3.63, 3.8) is 0 Å². The first-order chi connectivity index (χ1) is 20.9. The van der Waals surface area contributed by atoms with Crippen molar-refractivity contribution in [3.8, 4) is 6.01 Å². The van der Waals surface area contributed by atoms with E-state index in [1.54, 1.807) is 0 Å². The number of hydrogen-bond donors (Lipinski definition) is 1. The van der Waals surface area contributed by atoms with Gasteiger partial charge in [0.25, 0.3) is 0 Å². The molecule has 5 rings (SSSR count). The standard InChI is InChI=1S/C31H48N8O4Si/c1-22-8-9-27-25(18-32-39(27)21-42-16-17-44(5,6)7)28(22)38-11-10-24-26(20-38)33-30(43-23(2)19-35(3)4)34-29(24)36-12-14-37(15-13-36)31(40)41/h8-9,18,23H,10-17,19-21H2,1-7H3,(H,40,41)/t23-/m1/s1. The van der Waals surface area contributed by atoms with Crippen LogP contribution in [-0.2, 0) is 24.4 Å². The summed E-state index contributed by atoms with van der Waals surface area (Å²) in [6, 6.07) is 5.80. The Morgan fingerprint density at radius 3 is 2.52 bits per heavy atom. The first kappa shape index (κ1) is 32.0. The number of carbonyl (C=O) groups is 1. The first-order valence-corrected chi connectivity index (χ1v) is 19.3. The molecule has 1 atom stereocenters. The topological polar surface area (TPSA) is 112 Å². The number of likely N-dealkylation sites (N-methyl/N-ethyl adjacent to an activating group) is 1. The lowest BCUT2D eigenvalue weighted by atomic mass is 10.0. The average molecular weight is 625 g/mol. The van der Waals surface area contributed by atoms with Gasteiger partial charge < -0.3 is 34.2 Å². The molecule has 0 spiro atoms. The lowest BCUT2D eigenvalue weighted by molar-refractivity contribution is 0.0817. The molecule has 0 saturated carbocycles. The number of aryl methyl sites for hydroxylation is 1. The summed E-state index contributed by atoms with van der Waals surface area (Å²) in [6.07, 6.45) is 1.77. The summed E-state index contributed by atoms with van der Waals surface area (Å²) in [5, 5.41) is 15.3. The van der Waals surface area contributed by atoms with Crippen molar-refractivity contribution in [3.05, 3.63) is 35.2 Å². The van der Waals surface area contributed by atoms with E-state index in [0.29, 0.717) is 45.5 Å². The van der Waals surface area contributed by atoms with Crippen LogP contribution in [0.15, 0.2) is 18.3 Å².